The quantitative estimate of drug-likeness (QED) is 0.723. The van der Waals surface area contributed by atoms with Gasteiger partial charge < -0.3 is 10.6 Å². The Morgan fingerprint density at radius 3 is 2.72 bits per heavy atom. The number of carbonyl (C=O) groups is 2. The van der Waals surface area contributed by atoms with Gasteiger partial charge in [0.1, 0.15) is 5.82 Å². The summed E-state index contributed by atoms with van der Waals surface area (Å²) >= 11 is 0. The maximum Gasteiger partial charge on any atom is 0.237 e. The predicted molar refractivity (Wildman–Crippen MR) is 112 cm³/mol. The summed E-state index contributed by atoms with van der Waals surface area (Å²) in [6.45, 7) is 0. The molecule has 5 nitrogen and oxygen atoms in total. The second-order valence-corrected chi connectivity index (χ2v) is 7.81. The zero-order valence-electron chi connectivity index (χ0n) is 15.9. The Morgan fingerprint density at radius 1 is 1.03 bits per heavy atom. The fourth-order valence-corrected chi connectivity index (χ4v) is 4.47. The highest BCUT2D eigenvalue weighted by molar-refractivity contribution is 6.06. The van der Waals surface area contributed by atoms with Gasteiger partial charge in [0.05, 0.1) is 5.41 Å². The molecule has 2 aromatic carbocycles. The minimum atomic E-state index is -0.581. The van der Waals surface area contributed by atoms with Gasteiger partial charge in [0, 0.05) is 23.9 Å². The summed E-state index contributed by atoms with van der Waals surface area (Å²) in [5, 5.41) is 5.92. The molecule has 1 aliphatic heterocycles. The van der Waals surface area contributed by atoms with Crippen LogP contribution in [0.3, 0.4) is 0 Å². The molecule has 0 saturated heterocycles. The number of anilines is 2. The van der Waals surface area contributed by atoms with Crippen molar-refractivity contribution in [1.29, 1.82) is 0 Å². The van der Waals surface area contributed by atoms with Crippen LogP contribution in [0, 0.1) is 0 Å². The van der Waals surface area contributed by atoms with Crippen LogP contribution in [-0.4, -0.2) is 16.8 Å². The summed E-state index contributed by atoms with van der Waals surface area (Å²) < 4.78 is 0. The average molecular weight is 383 g/mol. The summed E-state index contributed by atoms with van der Waals surface area (Å²) in [5.41, 5.74) is 4.58. The summed E-state index contributed by atoms with van der Waals surface area (Å²) in [7, 11) is 0. The van der Waals surface area contributed by atoms with Gasteiger partial charge in [-0.15, -0.1) is 0 Å². The molecule has 0 saturated carbocycles. The van der Waals surface area contributed by atoms with E-state index in [4.69, 9.17) is 0 Å². The van der Waals surface area contributed by atoms with Gasteiger partial charge in [-0.25, -0.2) is 4.98 Å². The fourth-order valence-electron chi connectivity index (χ4n) is 4.47. The molecule has 0 radical (unpaired) electrons. The number of aryl methyl sites for hydroxylation is 1. The summed E-state index contributed by atoms with van der Waals surface area (Å²) in [6, 6.07) is 19.8. The molecule has 5 heteroatoms. The molecular weight excluding hydrogens is 362 g/mol. The van der Waals surface area contributed by atoms with E-state index in [1.165, 1.54) is 0 Å². The van der Waals surface area contributed by atoms with E-state index in [1.807, 2.05) is 60.7 Å². The van der Waals surface area contributed by atoms with Crippen molar-refractivity contribution in [2.45, 2.75) is 31.1 Å². The normalized spacial score (nSPS) is 19.0. The van der Waals surface area contributed by atoms with Gasteiger partial charge in [0.15, 0.2) is 0 Å². The van der Waals surface area contributed by atoms with E-state index >= 15 is 0 Å². The molecule has 1 unspecified atom stereocenters. The lowest BCUT2D eigenvalue weighted by atomic mass is 9.79. The first-order valence-electron chi connectivity index (χ1n) is 9.87. The fraction of sp³-hybridized carbons (Fsp3) is 0.208. The van der Waals surface area contributed by atoms with Crippen LogP contribution in [0.25, 0.3) is 0 Å². The Labute approximate surface area is 169 Å². The van der Waals surface area contributed by atoms with Crippen LogP contribution in [0.2, 0.25) is 0 Å². The minimum Gasteiger partial charge on any atom is -0.326 e. The molecule has 5 rings (SSSR count). The van der Waals surface area contributed by atoms with Crippen molar-refractivity contribution in [3.8, 4) is 0 Å². The van der Waals surface area contributed by atoms with E-state index < -0.39 is 5.41 Å². The molecule has 0 bridgehead atoms. The van der Waals surface area contributed by atoms with Crippen LogP contribution in [0.4, 0.5) is 11.5 Å². The van der Waals surface area contributed by atoms with E-state index in [2.05, 4.69) is 15.6 Å². The molecule has 1 aliphatic carbocycles. The molecule has 3 aromatic rings. The number of fused-ring (bicyclic) bond motifs is 3. The molecule has 144 valence electrons. The molecule has 0 fully saturated rings. The van der Waals surface area contributed by atoms with Crippen LogP contribution in [-0.2, 0) is 34.3 Å². The Hall–Kier alpha value is -3.47. The highest BCUT2D eigenvalue weighted by Gasteiger charge is 2.51. The number of hydrogen-bond acceptors (Lipinski definition) is 3. The minimum absolute atomic E-state index is 0.00494. The van der Waals surface area contributed by atoms with Gasteiger partial charge >= 0.3 is 0 Å². The average Bonchev–Trinajstić information content (AvgIpc) is 3.25. The largest absolute Gasteiger partial charge is 0.326 e. The number of pyridine rings is 1. The Balaban J connectivity index is 1.31. The third kappa shape index (κ3) is 3.09. The molecule has 2 amide bonds. The first-order chi connectivity index (χ1) is 14.1. The number of hydrogen-bond donors (Lipinski definition) is 2. The van der Waals surface area contributed by atoms with Gasteiger partial charge in [-0.3, -0.25) is 9.59 Å². The van der Waals surface area contributed by atoms with Gasteiger partial charge in [-0.1, -0.05) is 42.5 Å². The van der Waals surface area contributed by atoms with E-state index in [0.29, 0.717) is 31.5 Å². The number of nitrogens with one attached hydrogen (secondary N) is 2. The highest BCUT2D eigenvalue weighted by Crippen LogP contribution is 2.46. The van der Waals surface area contributed by atoms with Crippen molar-refractivity contribution in [3.05, 3.63) is 89.1 Å². The molecule has 1 atom stereocenters. The molecule has 1 aromatic heterocycles. The first kappa shape index (κ1) is 17.6. The Morgan fingerprint density at radius 2 is 1.86 bits per heavy atom. The van der Waals surface area contributed by atoms with Crippen LogP contribution in [0.1, 0.15) is 28.7 Å². The molecule has 2 heterocycles. The lowest BCUT2D eigenvalue weighted by Gasteiger charge is -2.20. The number of amides is 2. The van der Waals surface area contributed by atoms with Gasteiger partial charge in [0.25, 0.3) is 0 Å². The number of nitrogens with zero attached hydrogens (tertiary/aromatic N) is 1. The number of carbonyl (C=O) groups excluding carboxylic acids is 2. The van der Waals surface area contributed by atoms with Crippen molar-refractivity contribution in [1.82, 2.24) is 4.98 Å². The third-order valence-corrected chi connectivity index (χ3v) is 5.95. The lowest BCUT2D eigenvalue weighted by molar-refractivity contribution is -0.120. The van der Waals surface area contributed by atoms with Crippen LogP contribution in [0.15, 0.2) is 66.9 Å². The van der Waals surface area contributed by atoms with Crippen LogP contribution >= 0.6 is 0 Å². The topological polar surface area (TPSA) is 71.1 Å². The molecular formula is C24H21N3O2. The van der Waals surface area contributed by atoms with Gasteiger partial charge in [-0.2, -0.15) is 0 Å². The van der Waals surface area contributed by atoms with E-state index in [0.717, 1.165) is 27.9 Å². The smallest absolute Gasteiger partial charge is 0.237 e. The second kappa shape index (κ2) is 6.85. The molecule has 2 aliphatic rings. The van der Waals surface area contributed by atoms with Crippen molar-refractivity contribution in [2.75, 3.05) is 10.6 Å². The van der Waals surface area contributed by atoms with E-state index in [-0.39, 0.29) is 11.8 Å². The third-order valence-electron chi connectivity index (χ3n) is 5.95. The summed E-state index contributed by atoms with van der Waals surface area (Å²) in [6.07, 6.45) is 4.14. The second-order valence-electron chi connectivity index (χ2n) is 7.81. The molecule has 1 spiro atoms. The Bertz CT molecular complexity index is 1110. The van der Waals surface area contributed by atoms with E-state index in [1.54, 1.807) is 6.20 Å². The summed E-state index contributed by atoms with van der Waals surface area (Å²) in [4.78, 5) is 29.5. The SMILES string of the molecule is O=C(CCc1ccccc1)Nc1ccc2c(c1)CC1(C2)C(=O)Nc2ncccc21. The highest BCUT2D eigenvalue weighted by atomic mass is 16.2. The zero-order valence-corrected chi connectivity index (χ0v) is 15.9. The van der Waals surface area contributed by atoms with Crippen LogP contribution in [0.5, 0.6) is 0 Å². The van der Waals surface area contributed by atoms with E-state index in [9.17, 15) is 9.59 Å². The zero-order chi connectivity index (χ0) is 19.8. The maximum absolute atomic E-state index is 12.8. The van der Waals surface area contributed by atoms with Crippen molar-refractivity contribution >= 4 is 23.3 Å². The Kier molecular flexibility index (Phi) is 4.16. The number of rotatable bonds is 4. The molecule has 29 heavy (non-hydrogen) atoms. The lowest BCUT2D eigenvalue weighted by Crippen LogP contribution is -2.35. The van der Waals surface area contributed by atoms with Crippen LogP contribution < -0.4 is 10.6 Å². The van der Waals surface area contributed by atoms with Gasteiger partial charge in [-0.05, 0) is 54.2 Å². The maximum atomic E-state index is 12.8. The molecule has 2 N–H and O–H groups in total. The monoisotopic (exact) mass is 383 g/mol. The van der Waals surface area contributed by atoms with Crippen molar-refractivity contribution in [2.24, 2.45) is 0 Å². The number of aromatic nitrogens is 1. The summed E-state index contributed by atoms with van der Waals surface area (Å²) in [5.74, 6) is 0.672. The first-order valence-corrected chi connectivity index (χ1v) is 9.87. The van der Waals surface area contributed by atoms with Crippen molar-refractivity contribution < 1.29 is 9.59 Å². The standard InChI is InChI=1S/C24H21N3O2/c28-21(11-8-16-5-2-1-3-6-16)26-19-10-9-17-14-24(15-18(17)13-19)20-7-4-12-25-22(20)27-23(24)29/h1-7,9-10,12-13H,8,11,14-15H2,(H,26,28)(H,25,27,29). The van der Waals surface area contributed by atoms with Gasteiger partial charge in [0.2, 0.25) is 11.8 Å². The number of benzene rings is 2. The van der Waals surface area contributed by atoms with Crippen molar-refractivity contribution in [3.63, 3.8) is 0 Å². The predicted octanol–water partition coefficient (Wildman–Crippen LogP) is 3.64.